The van der Waals surface area contributed by atoms with E-state index >= 15 is 0 Å². The normalized spacial score (nSPS) is 11.0. The third-order valence-electron chi connectivity index (χ3n) is 2.85. The fourth-order valence-electron chi connectivity index (χ4n) is 1.73. The van der Waals surface area contributed by atoms with Gasteiger partial charge in [-0.3, -0.25) is 0 Å². The zero-order chi connectivity index (χ0) is 15.4. The Balaban J connectivity index is 2.14. The summed E-state index contributed by atoms with van der Waals surface area (Å²) in [5.74, 6) is 0.635. The minimum absolute atomic E-state index is 0.350. The summed E-state index contributed by atoms with van der Waals surface area (Å²) < 4.78 is 19.6. The fourth-order valence-corrected chi connectivity index (χ4v) is 2.30. The Morgan fingerprint density at radius 2 is 2.00 bits per heavy atom. The number of hydrogen-bond donors (Lipinski definition) is 1. The van der Waals surface area contributed by atoms with E-state index < -0.39 is 0 Å². The summed E-state index contributed by atoms with van der Waals surface area (Å²) in [6, 6.07) is 10.1. The molecule has 0 atom stereocenters. The molecule has 2 nitrogen and oxygen atoms in total. The first-order valence-electron chi connectivity index (χ1n) is 6.60. The van der Waals surface area contributed by atoms with Crippen molar-refractivity contribution >= 4 is 27.5 Å². The minimum atomic E-state index is -0.350. The van der Waals surface area contributed by atoms with Crippen LogP contribution < -0.4 is 10.1 Å². The molecule has 0 radical (unpaired) electrons. The summed E-state index contributed by atoms with van der Waals surface area (Å²) in [4.78, 5) is 0. The zero-order valence-corrected chi connectivity index (χ0v) is 14.1. The molecule has 0 bridgehead atoms. The Bertz CT molecular complexity index is 634. The zero-order valence-electron chi connectivity index (χ0n) is 11.8. The molecule has 2 rings (SSSR count). The average molecular weight is 373 g/mol. The maximum atomic E-state index is 13.2. The highest BCUT2D eigenvalue weighted by molar-refractivity contribution is 9.10. The van der Waals surface area contributed by atoms with Gasteiger partial charge in [0.1, 0.15) is 17.3 Å². The first-order chi connectivity index (χ1) is 9.95. The smallest absolute Gasteiger partial charge is 0.144 e. The van der Waals surface area contributed by atoms with Crippen LogP contribution in [0.4, 0.5) is 4.39 Å². The first-order valence-corrected chi connectivity index (χ1v) is 7.77. The molecule has 0 aliphatic heterocycles. The van der Waals surface area contributed by atoms with Crippen molar-refractivity contribution in [3.8, 4) is 11.5 Å². The SMILES string of the molecule is CC(C)NCc1ccc(Oc2cc(F)ccc2Br)cc1Cl. The van der Waals surface area contributed by atoms with Crippen molar-refractivity contribution in [2.24, 2.45) is 0 Å². The number of rotatable bonds is 5. The molecule has 2 aromatic rings. The summed E-state index contributed by atoms with van der Waals surface area (Å²) in [6.45, 7) is 4.85. The maximum Gasteiger partial charge on any atom is 0.144 e. The van der Waals surface area contributed by atoms with E-state index in [4.69, 9.17) is 16.3 Å². The van der Waals surface area contributed by atoms with Gasteiger partial charge in [0.2, 0.25) is 0 Å². The van der Waals surface area contributed by atoms with E-state index in [2.05, 4.69) is 35.1 Å². The van der Waals surface area contributed by atoms with Gasteiger partial charge in [0, 0.05) is 23.7 Å². The summed E-state index contributed by atoms with van der Waals surface area (Å²) in [6.07, 6.45) is 0. The van der Waals surface area contributed by atoms with Gasteiger partial charge in [-0.25, -0.2) is 4.39 Å². The van der Waals surface area contributed by atoms with Crippen LogP contribution in [-0.2, 0) is 6.54 Å². The van der Waals surface area contributed by atoms with Crippen LogP contribution in [-0.4, -0.2) is 6.04 Å². The number of halogens is 3. The predicted molar refractivity (Wildman–Crippen MR) is 87.6 cm³/mol. The molecule has 112 valence electrons. The largest absolute Gasteiger partial charge is 0.456 e. The maximum absolute atomic E-state index is 13.2. The average Bonchev–Trinajstić information content (AvgIpc) is 2.42. The first kappa shape index (κ1) is 16.3. The molecule has 21 heavy (non-hydrogen) atoms. The van der Waals surface area contributed by atoms with Crippen LogP contribution in [0.15, 0.2) is 40.9 Å². The summed E-state index contributed by atoms with van der Waals surface area (Å²) in [7, 11) is 0. The van der Waals surface area contributed by atoms with Crippen molar-refractivity contribution in [1.29, 1.82) is 0 Å². The summed E-state index contributed by atoms with van der Waals surface area (Å²) in [5.41, 5.74) is 0.996. The van der Waals surface area contributed by atoms with Crippen LogP contribution in [0.2, 0.25) is 5.02 Å². The third-order valence-corrected chi connectivity index (χ3v) is 3.85. The number of hydrogen-bond acceptors (Lipinski definition) is 2. The van der Waals surface area contributed by atoms with Crippen LogP contribution in [0.5, 0.6) is 11.5 Å². The van der Waals surface area contributed by atoms with Crippen LogP contribution in [0.1, 0.15) is 19.4 Å². The molecule has 5 heteroatoms. The second-order valence-electron chi connectivity index (χ2n) is 4.97. The molecular weight excluding hydrogens is 357 g/mol. The van der Waals surface area contributed by atoms with E-state index in [0.29, 0.717) is 33.6 Å². The molecule has 1 N–H and O–H groups in total. The Labute approximate surface area is 137 Å². The third kappa shape index (κ3) is 4.70. The van der Waals surface area contributed by atoms with E-state index in [0.717, 1.165) is 5.56 Å². The number of ether oxygens (including phenoxy) is 1. The molecule has 0 spiro atoms. The van der Waals surface area contributed by atoms with Crippen molar-refractivity contribution in [2.75, 3.05) is 0 Å². The molecule has 0 aliphatic carbocycles. The highest BCUT2D eigenvalue weighted by atomic mass is 79.9. The van der Waals surface area contributed by atoms with Gasteiger partial charge in [0.15, 0.2) is 0 Å². The van der Waals surface area contributed by atoms with Gasteiger partial charge < -0.3 is 10.1 Å². The minimum Gasteiger partial charge on any atom is -0.456 e. The van der Waals surface area contributed by atoms with E-state index in [1.165, 1.54) is 12.1 Å². The molecule has 0 saturated carbocycles. The van der Waals surface area contributed by atoms with Gasteiger partial charge in [-0.15, -0.1) is 0 Å². The lowest BCUT2D eigenvalue weighted by Gasteiger charge is -2.12. The number of nitrogens with one attached hydrogen (secondary N) is 1. The van der Waals surface area contributed by atoms with Crippen molar-refractivity contribution in [1.82, 2.24) is 5.32 Å². The summed E-state index contributed by atoms with van der Waals surface area (Å²) >= 11 is 9.57. The molecule has 0 saturated heterocycles. The van der Waals surface area contributed by atoms with Crippen molar-refractivity contribution < 1.29 is 9.13 Å². The predicted octanol–water partition coefficient (Wildman–Crippen LogP) is 5.53. The van der Waals surface area contributed by atoms with Crippen LogP contribution in [0.25, 0.3) is 0 Å². The molecule has 0 heterocycles. The van der Waals surface area contributed by atoms with Gasteiger partial charge in [-0.1, -0.05) is 31.5 Å². The van der Waals surface area contributed by atoms with Crippen LogP contribution in [0.3, 0.4) is 0 Å². The highest BCUT2D eigenvalue weighted by Crippen LogP contribution is 2.32. The Morgan fingerprint density at radius 3 is 2.67 bits per heavy atom. The molecule has 0 unspecified atom stereocenters. The molecule has 0 aromatic heterocycles. The lowest BCUT2D eigenvalue weighted by molar-refractivity contribution is 0.473. The van der Waals surface area contributed by atoms with Crippen molar-refractivity contribution in [3.05, 3.63) is 57.3 Å². The van der Waals surface area contributed by atoms with Gasteiger partial charge in [-0.2, -0.15) is 0 Å². The molecule has 0 amide bonds. The lowest BCUT2D eigenvalue weighted by Crippen LogP contribution is -2.21. The van der Waals surface area contributed by atoms with Crippen LogP contribution >= 0.6 is 27.5 Å². The monoisotopic (exact) mass is 371 g/mol. The molecule has 0 aliphatic rings. The Kier molecular flexibility index (Phi) is 5.62. The summed E-state index contributed by atoms with van der Waals surface area (Å²) in [5, 5.41) is 3.92. The number of benzene rings is 2. The topological polar surface area (TPSA) is 21.3 Å². The van der Waals surface area contributed by atoms with Gasteiger partial charge in [-0.05, 0) is 45.8 Å². The fraction of sp³-hybridized carbons (Fsp3) is 0.250. The van der Waals surface area contributed by atoms with Crippen molar-refractivity contribution in [2.45, 2.75) is 26.4 Å². The highest BCUT2D eigenvalue weighted by Gasteiger charge is 2.07. The second-order valence-corrected chi connectivity index (χ2v) is 6.23. The Morgan fingerprint density at radius 1 is 1.24 bits per heavy atom. The van der Waals surface area contributed by atoms with Crippen LogP contribution in [0, 0.1) is 5.82 Å². The van der Waals surface area contributed by atoms with Gasteiger partial charge in [0.25, 0.3) is 0 Å². The van der Waals surface area contributed by atoms with Gasteiger partial charge >= 0.3 is 0 Å². The van der Waals surface area contributed by atoms with E-state index in [-0.39, 0.29) is 5.82 Å². The quantitative estimate of drug-likeness (QED) is 0.745. The molecule has 0 fully saturated rings. The Hall–Kier alpha value is -1.10. The second kappa shape index (κ2) is 7.25. The van der Waals surface area contributed by atoms with E-state index in [1.807, 2.05) is 12.1 Å². The lowest BCUT2D eigenvalue weighted by atomic mass is 10.2. The molecular formula is C16H16BrClFNO. The van der Waals surface area contributed by atoms with E-state index in [1.54, 1.807) is 12.1 Å². The van der Waals surface area contributed by atoms with E-state index in [9.17, 15) is 4.39 Å². The molecule has 2 aromatic carbocycles. The standard InChI is InChI=1S/C16H16BrClFNO/c1-10(2)20-9-11-3-5-13(8-15(11)18)21-16-7-12(19)4-6-14(16)17/h3-8,10,20H,9H2,1-2H3. The van der Waals surface area contributed by atoms with Gasteiger partial charge in [0.05, 0.1) is 4.47 Å². The van der Waals surface area contributed by atoms with Crippen molar-refractivity contribution in [3.63, 3.8) is 0 Å².